The zero-order chi connectivity index (χ0) is 13.2. The summed E-state index contributed by atoms with van der Waals surface area (Å²) in [6.45, 7) is 0.930. The molecule has 1 fully saturated rings. The molecule has 0 atom stereocenters. The van der Waals surface area contributed by atoms with Crippen LogP contribution in [0.25, 0.3) is 0 Å². The van der Waals surface area contributed by atoms with Gasteiger partial charge < -0.3 is 0 Å². The highest BCUT2D eigenvalue weighted by molar-refractivity contribution is 7.89. The van der Waals surface area contributed by atoms with E-state index in [-0.39, 0.29) is 10.8 Å². The van der Waals surface area contributed by atoms with E-state index in [0.29, 0.717) is 18.7 Å². The van der Waals surface area contributed by atoms with Crippen molar-refractivity contribution in [3.63, 3.8) is 0 Å². The molecule has 0 N–H and O–H groups in total. The lowest BCUT2D eigenvalue weighted by Crippen LogP contribution is -2.36. The van der Waals surface area contributed by atoms with Crippen molar-refractivity contribution in [3.8, 4) is 0 Å². The molecule has 0 aromatic heterocycles. The maximum absolute atomic E-state index is 13.7. The fourth-order valence-corrected chi connectivity index (χ4v) is 3.87. The summed E-state index contributed by atoms with van der Waals surface area (Å²) < 4.78 is 39.7. The van der Waals surface area contributed by atoms with Gasteiger partial charge in [0.1, 0.15) is 10.7 Å². The molecule has 0 spiro atoms. The Hall–Kier alpha value is -0.650. The first-order chi connectivity index (χ1) is 8.55. The Bertz CT molecular complexity index is 527. The van der Waals surface area contributed by atoms with Crippen LogP contribution < -0.4 is 0 Å². The number of hydrogen-bond donors (Lipinski definition) is 0. The van der Waals surface area contributed by atoms with Crippen LogP contribution in [0.5, 0.6) is 0 Å². The van der Waals surface area contributed by atoms with E-state index in [1.807, 2.05) is 0 Å². The summed E-state index contributed by atoms with van der Waals surface area (Å²) in [4.78, 5) is -0.262. The molecule has 1 heterocycles. The van der Waals surface area contributed by atoms with Crippen LogP contribution in [0.15, 0.2) is 23.1 Å². The second-order valence-corrected chi connectivity index (χ2v) is 6.54. The average molecular weight is 292 g/mol. The summed E-state index contributed by atoms with van der Waals surface area (Å²) in [5, 5.41) is 0. The number of rotatable bonds is 3. The lowest BCUT2D eigenvalue weighted by atomic mass is 10.2. The average Bonchev–Trinajstić information content (AvgIpc) is 2.40. The van der Waals surface area contributed by atoms with Gasteiger partial charge in [0.15, 0.2) is 0 Å². The van der Waals surface area contributed by atoms with E-state index < -0.39 is 15.8 Å². The number of sulfonamides is 1. The summed E-state index contributed by atoms with van der Waals surface area (Å²) in [5.41, 5.74) is 0.605. The molecule has 1 saturated heterocycles. The Morgan fingerprint density at radius 2 is 1.89 bits per heavy atom. The Kier molecular flexibility index (Phi) is 4.25. The molecular formula is C12H15ClFNO2S. The van der Waals surface area contributed by atoms with Crippen LogP contribution in [-0.2, 0) is 15.9 Å². The highest BCUT2D eigenvalue weighted by atomic mass is 35.5. The van der Waals surface area contributed by atoms with Crippen LogP contribution in [0.4, 0.5) is 4.39 Å². The molecule has 0 aliphatic carbocycles. The van der Waals surface area contributed by atoms with Crippen molar-refractivity contribution < 1.29 is 12.8 Å². The van der Waals surface area contributed by atoms with Crippen LogP contribution in [0.2, 0.25) is 0 Å². The third-order valence-corrected chi connectivity index (χ3v) is 5.31. The first-order valence-corrected chi connectivity index (χ1v) is 7.87. The monoisotopic (exact) mass is 291 g/mol. The van der Waals surface area contributed by atoms with Crippen molar-refractivity contribution in [2.45, 2.75) is 30.0 Å². The van der Waals surface area contributed by atoms with E-state index in [2.05, 4.69) is 0 Å². The number of alkyl halides is 1. The molecule has 100 valence electrons. The van der Waals surface area contributed by atoms with E-state index >= 15 is 0 Å². The standard InChI is InChI=1S/C12H15ClFNO2S/c13-9-10-4-5-11(14)12(8-10)18(16,17)15-6-2-1-3-7-15/h4-5,8H,1-3,6-7,9H2. The minimum Gasteiger partial charge on any atom is -0.207 e. The van der Waals surface area contributed by atoms with Gasteiger partial charge in [0.05, 0.1) is 0 Å². The lowest BCUT2D eigenvalue weighted by Gasteiger charge is -2.26. The third kappa shape index (κ3) is 2.68. The molecular weight excluding hydrogens is 277 g/mol. The normalized spacial score (nSPS) is 17.9. The topological polar surface area (TPSA) is 37.4 Å². The SMILES string of the molecule is O=S(=O)(c1cc(CCl)ccc1F)N1CCCCC1. The van der Waals surface area contributed by atoms with Gasteiger partial charge in [-0.15, -0.1) is 11.6 Å². The van der Waals surface area contributed by atoms with Gasteiger partial charge in [0.2, 0.25) is 10.0 Å². The van der Waals surface area contributed by atoms with Gasteiger partial charge in [0, 0.05) is 19.0 Å². The van der Waals surface area contributed by atoms with Crippen molar-refractivity contribution in [1.82, 2.24) is 4.31 Å². The van der Waals surface area contributed by atoms with Crippen molar-refractivity contribution in [2.24, 2.45) is 0 Å². The van der Waals surface area contributed by atoms with Crippen LogP contribution in [0.3, 0.4) is 0 Å². The summed E-state index contributed by atoms with van der Waals surface area (Å²) in [6.07, 6.45) is 2.68. The maximum atomic E-state index is 13.7. The molecule has 0 unspecified atom stereocenters. The molecule has 18 heavy (non-hydrogen) atoms. The fourth-order valence-electron chi connectivity index (χ4n) is 2.07. The van der Waals surface area contributed by atoms with Gasteiger partial charge in [-0.05, 0) is 30.5 Å². The predicted octanol–water partition coefficient (Wildman–Crippen LogP) is 2.74. The van der Waals surface area contributed by atoms with Crippen molar-refractivity contribution in [1.29, 1.82) is 0 Å². The first-order valence-electron chi connectivity index (χ1n) is 5.90. The first kappa shape index (κ1) is 13.8. The van der Waals surface area contributed by atoms with Crippen LogP contribution >= 0.6 is 11.6 Å². The van der Waals surface area contributed by atoms with Crippen molar-refractivity contribution >= 4 is 21.6 Å². The molecule has 0 saturated carbocycles. The van der Waals surface area contributed by atoms with Gasteiger partial charge in [-0.25, -0.2) is 12.8 Å². The predicted molar refractivity (Wildman–Crippen MR) is 68.6 cm³/mol. The molecule has 1 aromatic rings. The summed E-state index contributed by atoms with van der Waals surface area (Å²) in [6, 6.07) is 3.98. The van der Waals surface area contributed by atoms with E-state index in [0.717, 1.165) is 25.3 Å². The van der Waals surface area contributed by atoms with Crippen LogP contribution in [-0.4, -0.2) is 25.8 Å². The Morgan fingerprint density at radius 3 is 2.50 bits per heavy atom. The van der Waals surface area contributed by atoms with E-state index in [4.69, 9.17) is 11.6 Å². The van der Waals surface area contributed by atoms with E-state index in [9.17, 15) is 12.8 Å². The number of hydrogen-bond acceptors (Lipinski definition) is 2. The Balaban J connectivity index is 2.39. The summed E-state index contributed by atoms with van der Waals surface area (Å²) in [5.74, 6) is -0.544. The minimum atomic E-state index is -3.73. The summed E-state index contributed by atoms with van der Waals surface area (Å²) >= 11 is 5.66. The molecule has 6 heteroatoms. The molecule has 1 aliphatic heterocycles. The second-order valence-electron chi connectivity index (χ2n) is 4.36. The third-order valence-electron chi connectivity index (χ3n) is 3.08. The molecule has 0 bridgehead atoms. The van der Waals surface area contributed by atoms with Gasteiger partial charge in [-0.1, -0.05) is 12.5 Å². The van der Waals surface area contributed by atoms with Crippen molar-refractivity contribution in [2.75, 3.05) is 13.1 Å². The Labute approximate surface area is 112 Å². The zero-order valence-corrected chi connectivity index (χ0v) is 11.5. The number of benzene rings is 1. The van der Waals surface area contributed by atoms with Crippen molar-refractivity contribution in [3.05, 3.63) is 29.6 Å². The zero-order valence-electron chi connectivity index (χ0n) is 9.90. The smallest absolute Gasteiger partial charge is 0.207 e. The lowest BCUT2D eigenvalue weighted by molar-refractivity contribution is 0.345. The van der Waals surface area contributed by atoms with E-state index in [1.165, 1.54) is 16.4 Å². The molecule has 3 nitrogen and oxygen atoms in total. The quantitative estimate of drug-likeness (QED) is 0.803. The molecule has 2 rings (SSSR count). The van der Waals surface area contributed by atoms with Crippen LogP contribution in [0.1, 0.15) is 24.8 Å². The van der Waals surface area contributed by atoms with E-state index in [1.54, 1.807) is 0 Å². The minimum absolute atomic E-state index is 0.169. The van der Waals surface area contributed by atoms with Gasteiger partial charge >= 0.3 is 0 Å². The van der Waals surface area contributed by atoms with Gasteiger partial charge in [0.25, 0.3) is 0 Å². The van der Waals surface area contributed by atoms with Crippen LogP contribution in [0, 0.1) is 5.82 Å². The Morgan fingerprint density at radius 1 is 1.22 bits per heavy atom. The molecule has 1 aliphatic rings. The highest BCUT2D eigenvalue weighted by Crippen LogP contribution is 2.24. The maximum Gasteiger partial charge on any atom is 0.245 e. The fraction of sp³-hybridized carbons (Fsp3) is 0.500. The largest absolute Gasteiger partial charge is 0.245 e. The second kappa shape index (κ2) is 5.55. The molecule has 1 aromatic carbocycles. The number of nitrogens with zero attached hydrogens (tertiary/aromatic N) is 1. The number of piperidine rings is 1. The number of halogens is 2. The van der Waals surface area contributed by atoms with Gasteiger partial charge in [-0.3, -0.25) is 0 Å². The summed E-state index contributed by atoms with van der Waals surface area (Å²) in [7, 11) is -3.73. The van der Waals surface area contributed by atoms with Gasteiger partial charge in [-0.2, -0.15) is 4.31 Å². The highest BCUT2D eigenvalue weighted by Gasteiger charge is 2.28. The molecule has 0 amide bonds. The molecule has 0 radical (unpaired) electrons.